The maximum absolute atomic E-state index is 12.5. The molecule has 0 aromatic carbocycles. The Hall–Kier alpha value is -1.93. The van der Waals surface area contributed by atoms with Gasteiger partial charge in [0.25, 0.3) is 5.56 Å². The lowest BCUT2D eigenvalue weighted by Crippen LogP contribution is -2.38. The molecule has 0 saturated heterocycles. The lowest BCUT2D eigenvalue weighted by Gasteiger charge is -2.09. The van der Waals surface area contributed by atoms with Crippen molar-refractivity contribution in [3.05, 3.63) is 26.7 Å². The number of hydrogen-bond acceptors (Lipinski definition) is 5. The van der Waals surface area contributed by atoms with E-state index in [1.807, 2.05) is 11.5 Å². The van der Waals surface area contributed by atoms with Gasteiger partial charge in [0.15, 0.2) is 11.2 Å². The Balaban J connectivity index is 2.82. The molecule has 0 amide bonds. The first kappa shape index (κ1) is 16.4. The zero-order chi connectivity index (χ0) is 16.3. The predicted octanol–water partition coefficient (Wildman–Crippen LogP) is -0.198. The van der Waals surface area contributed by atoms with Gasteiger partial charge in [-0.1, -0.05) is 6.92 Å². The maximum Gasteiger partial charge on any atom is 0.332 e. The Kier molecular flexibility index (Phi) is 5.15. The van der Waals surface area contributed by atoms with Gasteiger partial charge in [-0.25, -0.2) is 9.78 Å². The van der Waals surface area contributed by atoms with E-state index >= 15 is 0 Å². The van der Waals surface area contributed by atoms with Crippen molar-refractivity contribution in [1.29, 1.82) is 0 Å². The summed E-state index contributed by atoms with van der Waals surface area (Å²) < 4.78 is 9.67. The van der Waals surface area contributed by atoms with Crippen LogP contribution in [-0.2, 0) is 31.5 Å². The Morgan fingerprint density at radius 3 is 2.55 bits per heavy atom. The second-order valence-corrected chi connectivity index (χ2v) is 5.23. The fourth-order valence-electron chi connectivity index (χ4n) is 2.56. The van der Waals surface area contributed by atoms with Crippen molar-refractivity contribution < 1.29 is 4.74 Å². The normalized spacial score (nSPS) is 11.5. The zero-order valence-corrected chi connectivity index (χ0v) is 13.3. The van der Waals surface area contributed by atoms with E-state index in [2.05, 4.69) is 4.98 Å². The molecule has 0 unspecified atom stereocenters. The molecule has 8 heteroatoms. The summed E-state index contributed by atoms with van der Waals surface area (Å²) in [5.41, 5.74) is 5.77. The smallest absolute Gasteiger partial charge is 0.332 e. The van der Waals surface area contributed by atoms with E-state index in [-0.39, 0.29) is 17.9 Å². The summed E-state index contributed by atoms with van der Waals surface area (Å²) in [6, 6.07) is 0. The summed E-state index contributed by atoms with van der Waals surface area (Å²) in [6.07, 6.45) is 1.50. The Morgan fingerprint density at radius 2 is 1.95 bits per heavy atom. The van der Waals surface area contributed by atoms with Crippen LogP contribution in [0.2, 0.25) is 0 Å². The minimum Gasteiger partial charge on any atom is -0.377 e. The highest BCUT2D eigenvalue weighted by Crippen LogP contribution is 2.13. The molecule has 0 spiro atoms. The lowest BCUT2D eigenvalue weighted by molar-refractivity contribution is 0.174. The third kappa shape index (κ3) is 2.71. The molecule has 122 valence electrons. The molecular formula is C14H23N5O3. The summed E-state index contributed by atoms with van der Waals surface area (Å²) in [7, 11) is 3.07. The van der Waals surface area contributed by atoms with Crippen LogP contribution < -0.4 is 17.0 Å². The molecule has 0 bridgehead atoms. The van der Waals surface area contributed by atoms with Gasteiger partial charge in [-0.15, -0.1) is 0 Å². The first-order valence-electron chi connectivity index (χ1n) is 7.44. The number of methoxy groups -OCH3 is 1. The Bertz CT molecular complexity index is 771. The maximum atomic E-state index is 12.5. The van der Waals surface area contributed by atoms with Gasteiger partial charge in [-0.3, -0.25) is 13.9 Å². The summed E-state index contributed by atoms with van der Waals surface area (Å²) in [5.74, 6) is 0.638. The third-order valence-corrected chi connectivity index (χ3v) is 3.62. The van der Waals surface area contributed by atoms with Gasteiger partial charge < -0.3 is 15.0 Å². The minimum absolute atomic E-state index is 0.280. The highest BCUT2D eigenvalue weighted by Gasteiger charge is 2.19. The number of aromatic nitrogens is 4. The fourth-order valence-corrected chi connectivity index (χ4v) is 2.56. The molecule has 2 N–H and O–H groups in total. The molecule has 0 atom stereocenters. The first-order valence-corrected chi connectivity index (χ1v) is 7.44. The predicted molar refractivity (Wildman–Crippen MR) is 83.9 cm³/mol. The summed E-state index contributed by atoms with van der Waals surface area (Å²) >= 11 is 0. The number of nitrogens with two attached hydrogens (primary N) is 1. The number of fused-ring (bicyclic) bond motifs is 1. The average molecular weight is 309 g/mol. The van der Waals surface area contributed by atoms with Crippen molar-refractivity contribution in [2.24, 2.45) is 12.8 Å². The number of imidazole rings is 1. The minimum atomic E-state index is -0.341. The van der Waals surface area contributed by atoms with Crippen LogP contribution in [-0.4, -0.2) is 32.3 Å². The van der Waals surface area contributed by atoms with E-state index < -0.39 is 0 Å². The molecule has 0 aliphatic heterocycles. The molecule has 2 heterocycles. The molecule has 0 fully saturated rings. The van der Waals surface area contributed by atoms with Crippen LogP contribution in [0.4, 0.5) is 0 Å². The van der Waals surface area contributed by atoms with Gasteiger partial charge in [0.2, 0.25) is 0 Å². The van der Waals surface area contributed by atoms with Crippen molar-refractivity contribution in [2.75, 3.05) is 13.7 Å². The molecule has 2 aromatic heterocycles. The number of nitrogens with zero attached hydrogens (tertiary/aromatic N) is 4. The van der Waals surface area contributed by atoms with Crippen molar-refractivity contribution in [2.45, 2.75) is 39.5 Å². The van der Waals surface area contributed by atoms with Crippen molar-refractivity contribution >= 4 is 11.2 Å². The number of rotatable bonds is 7. The van der Waals surface area contributed by atoms with Gasteiger partial charge in [0.1, 0.15) is 12.4 Å². The zero-order valence-electron chi connectivity index (χ0n) is 13.3. The second-order valence-electron chi connectivity index (χ2n) is 5.23. The molecule has 22 heavy (non-hydrogen) atoms. The topological polar surface area (TPSA) is 97.1 Å². The number of ether oxygens (including phenoxy) is 1. The van der Waals surface area contributed by atoms with E-state index in [0.29, 0.717) is 36.6 Å². The summed E-state index contributed by atoms with van der Waals surface area (Å²) in [5, 5.41) is 0. The SMILES string of the molecule is CCCn1c(=O)n(C)c(=O)c2c1nc(COC)n2CCCN. The lowest BCUT2D eigenvalue weighted by atomic mass is 10.4. The largest absolute Gasteiger partial charge is 0.377 e. The van der Waals surface area contributed by atoms with Gasteiger partial charge in [-0.05, 0) is 19.4 Å². The molecule has 2 aromatic rings. The quantitative estimate of drug-likeness (QED) is 0.764. The Labute approximate surface area is 128 Å². The van der Waals surface area contributed by atoms with Crippen LogP contribution in [0.5, 0.6) is 0 Å². The highest BCUT2D eigenvalue weighted by molar-refractivity contribution is 5.71. The van der Waals surface area contributed by atoms with Crippen molar-refractivity contribution in [3.63, 3.8) is 0 Å². The third-order valence-electron chi connectivity index (χ3n) is 3.62. The van der Waals surface area contributed by atoms with E-state index in [1.165, 1.54) is 7.05 Å². The van der Waals surface area contributed by atoms with Crippen molar-refractivity contribution in [1.82, 2.24) is 18.7 Å². The molecule has 0 saturated carbocycles. The Morgan fingerprint density at radius 1 is 1.23 bits per heavy atom. The monoisotopic (exact) mass is 309 g/mol. The van der Waals surface area contributed by atoms with Crippen molar-refractivity contribution in [3.8, 4) is 0 Å². The number of hydrogen-bond donors (Lipinski definition) is 1. The molecule has 8 nitrogen and oxygen atoms in total. The van der Waals surface area contributed by atoms with Gasteiger partial charge in [0, 0.05) is 27.2 Å². The first-order chi connectivity index (χ1) is 10.6. The van der Waals surface area contributed by atoms with E-state index in [9.17, 15) is 9.59 Å². The fraction of sp³-hybridized carbons (Fsp3) is 0.643. The second kappa shape index (κ2) is 6.89. The summed E-state index contributed by atoms with van der Waals surface area (Å²) in [4.78, 5) is 29.3. The van der Waals surface area contributed by atoms with Gasteiger partial charge >= 0.3 is 5.69 Å². The van der Waals surface area contributed by atoms with E-state index in [0.717, 1.165) is 17.4 Å². The van der Waals surface area contributed by atoms with E-state index in [4.69, 9.17) is 10.5 Å². The highest BCUT2D eigenvalue weighted by atomic mass is 16.5. The molecule has 0 radical (unpaired) electrons. The molecular weight excluding hydrogens is 286 g/mol. The van der Waals surface area contributed by atoms with Crippen LogP contribution in [0.3, 0.4) is 0 Å². The standard InChI is InChI=1S/C14H23N5O3/c1-4-7-19-12-11(13(20)17(2)14(19)21)18(8-5-6-15)10(16-12)9-22-3/h4-9,15H2,1-3H3. The molecule has 0 aliphatic rings. The van der Waals surface area contributed by atoms with Gasteiger partial charge in [0.05, 0.1) is 0 Å². The molecule has 2 rings (SSSR count). The van der Waals surface area contributed by atoms with Crippen LogP contribution in [0.15, 0.2) is 9.59 Å². The van der Waals surface area contributed by atoms with Crippen LogP contribution in [0.1, 0.15) is 25.6 Å². The van der Waals surface area contributed by atoms with Crippen LogP contribution in [0.25, 0.3) is 11.2 Å². The van der Waals surface area contributed by atoms with Crippen LogP contribution >= 0.6 is 0 Å². The number of aryl methyl sites for hydroxylation is 2. The average Bonchev–Trinajstić information content (AvgIpc) is 2.86. The summed E-state index contributed by atoms with van der Waals surface area (Å²) in [6.45, 7) is 3.86. The molecule has 0 aliphatic carbocycles. The van der Waals surface area contributed by atoms with E-state index in [1.54, 1.807) is 11.7 Å². The van der Waals surface area contributed by atoms with Crippen LogP contribution in [0, 0.1) is 0 Å². The van der Waals surface area contributed by atoms with Gasteiger partial charge in [-0.2, -0.15) is 0 Å².